The summed E-state index contributed by atoms with van der Waals surface area (Å²) in [4.78, 5) is 15.6. The lowest BCUT2D eigenvalue weighted by molar-refractivity contribution is 0.954. The number of benzene rings is 7. The monoisotopic (exact) mass is 637 g/mol. The van der Waals surface area contributed by atoms with Crippen LogP contribution in [-0.2, 0) is 0 Å². The van der Waals surface area contributed by atoms with Crippen LogP contribution in [0, 0.1) is 0 Å². The molecule has 0 spiro atoms. The van der Waals surface area contributed by atoms with Crippen LogP contribution in [0.1, 0.15) is 0 Å². The molecule has 5 nitrogen and oxygen atoms in total. The van der Waals surface area contributed by atoms with Crippen LogP contribution in [0.25, 0.3) is 99.8 Å². The minimum absolute atomic E-state index is 0.590. The minimum Gasteiger partial charge on any atom is -0.308 e. The van der Waals surface area contributed by atoms with E-state index >= 15 is 0 Å². The summed E-state index contributed by atoms with van der Waals surface area (Å²) in [6.07, 6.45) is 0. The highest BCUT2D eigenvalue weighted by Crippen LogP contribution is 2.45. The fourth-order valence-electron chi connectivity index (χ4n) is 7.96. The molecule has 4 heterocycles. The maximum Gasteiger partial charge on any atom is 0.238 e. The number of aromatic nitrogens is 5. The first-order valence-corrected chi connectivity index (χ1v) is 16.9. The Labute approximate surface area is 286 Å². The SMILES string of the molecule is c1ccc(-c2cccc(-c3nc(-c4ccccc4)nc(-n4c5cccc6c7ccccc7n7c8ccccc8c8ccc4c(c65)c87)n3)c2)cc1. The van der Waals surface area contributed by atoms with Crippen LogP contribution in [0.5, 0.6) is 0 Å². The third-order valence-corrected chi connectivity index (χ3v) is 10.1. The molecule has 11 rings (SSSR count). The quantitative estimate of drug-likeness (QED) is 0.193. The van der Waals surface area contributed by atoms with Crippen LogP contribution in [0.3, 0.4) is 0 Å². The van der Waals surface area contributed by atoms with Crippen LogP contribution in [0.15, 0.2) is 164 Å². The molecule has 50 heavy (non-hydrogen) atoms. The van der Waals surface area contributed by atoms with Gasteiger partial charge < -0.3 is 4.40 Å². The van der Waals surface area contributed by atoms with E-state index in [4.69, 9.17) is 15.0 Å². The zero-order valence-electron chi connectivity index (χ0n) is 26.8. The molecule has 0 unspecified atom stereocenters. The molecule has 7 aromatic carbocycles. The van der Waals surface area contributed by atoms with Crippen LogP contribution in [-0.4, -0.2) is 23.9 Å². The summed E-state index contributed by atoms with van der Waals surface area (Å²) in [6, 6.07) is 57.7. The molecule has 5 heteroatoms. The number of hydrogen-bond donors (Lipinski definition) is 0. The van der Waals surface area contributed by atoms with Gasteiger partial charge in [-0.15, -0.1) is 0 Å². The predicted octanol–water partition coefficient (Wildman–Crippen LogP) is 11.1. The van der Waals surface area contributed by atoms with Gasteiger partial charge in [0.1, 0.15) is 0 Å². The van der Waals surface area contributed by atoms with Gasteiger partial charge in [0, 0.05) is 38.1 Å². The van der Waals surface area contributed by atoms with Crippen molar-refractivity contribution in [2.45, 2.75) is 0 Å². The first-order chi connectivity index (χ1) is 24.8. The second-order valence-electron chi connectivity index (χ2n) is 12.9. The standard InChI is InChI=1S/C45H27N5/c1-3-13-28(14-4-1)30-17-11-18-31(27-30)44-46-43(29-15-5-2-6-16-29)47-45(48-44)50-38-24-12-21-34-32-19-7-9-22-36(32)49-37-23-10-8-20-33(37)35-25-26-39(50)41(40(34)38)42(35)49/h1-27H. The third kappa shape index (κ3) is 3.80. The molecular weight excluding hydrogens is 611 g/mol. The Balaban J connectivity index is 1.28. The molecule has 0 N–H and O–H groups in total. The van der Waals surface area contributed by atoms with E-state index in [2.05, 4.69) is 148 Å². The average molecular weight is 638 g/mol. The molecule has 0 saturated carbocycles. The van der Waals surface area contributed by atoms with Crippen LogP contribution in [0.4, 0.5) is 0 Å². The third-order valence-electron chi connectivity index (χ3n) is 10.1. The van der Waals surface area contributed by atoms with Crippen LogP contribution >= 0.6 is 0 Å². The normalized spacial score (nSPS) is 12.0. The number of hydrogen-bond acceptors (Lipinski definition) is 3. The Morgan fingerprint density at radius 2 is 0.880 bits per heavy atom. The molecule has 0 atom stereocenters. The van der Waals surface area contributed by atoms with Crippen LogP contribution < -0.4 is 0 Å². The Morgan fingerprint density at radius 3 is 1.64 bits per heavy atom. The van der Waals surface area contributed by atoms with Crippen molar-refractivity contribution < 1.29 is 0 Å². The van der Waals surface area contributed by atoms with Gasteiger partial charge >= 0.3 is 0 Å². The van der Waals surface area contributed by atoms with E-state index in [1.54, 1.807) is 0 Å². The Morgan fingerprint density at radius 1 is 0.340 bits per heavy atom. The van der Waals surface area contributed by atoms with Gasteiger partial charge in [-0.25, -0.2) is 4.98 Å². The first kappa shape index (κ1) is 27.1. The van der Waals surface area contributed by atoms with Gasteiger partial charge in [-0.2, -0.15) is 9.97 Å². The molecule has 4 aromatic heterocycles. The summed E-state index contributed by atoms with van der Waals surface area (Å²) in [7, 11) is 0. The number of fused-ring (bicyclic) bond motifs is 6. The lowest BCUT2D eigenvalue weighted by atomic mass is 10.0. The zero-order valence-corrected chi connectivity index (χ0v) is 26.8. The first-order valence-electron chi connectivity index (χ1n) is 16.9. The van der Waals surface area contributed by atoms with Gasteiger partial charge in [-0.05, 0) is 46.8 Å². The van der Waals surface area contributed by atoms with Crippen molar-refractivity contribution >= 4 is 59.9 Å². The topological polar surface area (TPSA) is 48.0 Å². The highest BCUT2D eigenvalue weighted by atomic mass is 15.2. The molecule has 0 bridgehead atoms. The van der Waals surface area contributed by atoms with Crippen molar-refractivity contribution in [3.63, 3.8) is 0 Å². The fraction of sp³-hybridized carbons (Fsp3) is 0. The van der Waals surface area contributed by atoms with E-state index in [0.29, 0.717) is 17.6 Å². The smallest absolute Gasteiger partial charge is 0.238 e. The minimum atomic E-state index is 0.590. The van der Waals surface area contributed by atoms with E-state index in [9.17, 15) is 0 Å². The van der Waals surface area contributed by atoms with E-state index in [1.165, 1.54) is 48.9 Å². The molecule has 0 radical (unpaired) electrons. The Bertz CT molecular complexity index is 3080. The van der Waals surface area contributed by atoms with Gasteiger partial charge in [0.2, 0.25) is 5.95 Å². The van der Waals surface area contributed by atoms with Gasteiger partial charge in [0.05, 0.1) is 27.6 Å². The summed E-state index contributed by atoms with van der Waals surface area (Å²) in [5, 5.41) is 7.29. The van der Waals surface area contributed by atoms with Crippen molar-refractivity contribution in [2.75, 3.05) is 0 Å². The molecule has 0 aliphatic carbocycles. The second kappa shape index (κ2) is 10.3. The van der Waals surface area contributed by atoms with Gasteiger partial charge in [0.25, 0.3) is 0 Å². The fourth-order valence-corrected chi connectivity index (χ4v) is 7.96. The van der Waals surface area contributed by atoms with Crippen LogP contribution in [0.2, 0.25) is 0 Å². The van der Waals surface area contributed by atoms with Crippen molar-refractivity contribution in [1.29, 1.82) is 0 Å². The predicted molar refractivity (Wildman–Crippen MR) is 205 cm³/mol. The second-order valence-corrected chi connectivity index (χ2v) is 12.9. The van der Waals surface area contributed by atoms with Crippen molar-refractivity contribution in [2.24, 2.45) is 0 Å². The lowest BCUT2D eigenvalue weighted by Crippen LogP contribution is -2.06. The molecular formula is C45H27N5. The maximum atomic E-state index is 5.28. The largest absolute Gasteiger partial charge is 0.308 e. The maximum absolute atomic E-state index is 5.28. The highest BCUT2D eigenvalue weighted by Gasteiger charge is 2.24. The molecule has 0 amide bonds. The Kier molecular flexibility index (Phi) is 5.60. The zero-order chi connectivity index (χ0) is 32.8. The summed E-state index contributed by atoms with van der Waals surface area (Å²) in [5.74, 6) is 1.85. The van der Waals surface area contributed by atoms with E-state index in [1.807, 2.05) is 24.3 Å². The summed E-state index contributed by atoms with van der Waals surface area (Å²) in [5.41, 5.74) is 9.86. The van der Waals surface area contributed by atoms with E-state index in [-0.39, 0.29) is 0 Å². The summed E-state index contributed by atoms with van der Waals surface area (Å²) >= 11 is 0. The van der Waals surface area contributed by atoms with Gasteiger partial charge in [-0.3, -0.25) is 4.57 Å². The number of nitrogens with zero attached hydrogens (tertiary/aromatic N) is 5. The molecule has 0 aliphatic rings. The summed E-state index contributed by atoms with van der Waals surface area (Å²) in [6.45, 7) is 0. The average Bonchev–Trinajstić information content (AvgIpc) is 3.67. The van der Waals surface area contributed by atoms with Gasteiger partial charge in [0.15, 0.2) is 11.6 Å². The van der Waals surface area contributed by atoms with Crippen molar-refractivity contribution in [3.8, 4) is 39.9 Å². The molecule has 0 aliphatic heterocycles. The molecule has 0 saturated heterocycles. The number of rotatable bonds is 4. The lowest BCUT2D eigenvalue weighted by Gasteiger charge is -2.12. The Hall–Kier alpha value is -6.85. The van der Waals surface area contributed by atoms with Crippen molar-refractivity contribution in [3.05, 3.63) is 164 Å². The van der Waals surface area contributed by atoms with Gasteiger partial charge in [-0.1, -0.05) is 133 Å². The molecule has 232 valence electrons. The molecule has 0 fully saturated rings. The summed E-state index contributed by atoms with van der Waals surface area (Å²) < 4.78 is 4.69. The van der Waals surface area contributed by atoms with E-state index < -0.39 is 0 Å². The molecule has 11 aromatic rings. The van der Waals surface area contributed by atoms with E-state index in [0.717, 1.165) is 33.3 Å². The number of para-hydroxylation sites is 2. The highest BCUT2D eigenvalue weighted by molar-refractivity contribution is 6.33. The van der Waals surface area contributed by atoms with Crippen molar-refractivity contribution in [1.82, 2.24) is 23.9 Å².